The molecule has 0 unspecified atom stereocenters. The van der Waals surface area contributed by atoms with Crippen LogP contribution in [0.2, 0.25) is 0 Å². The van der Waals surface area contributed by atoms with Crippen LogP contribution in [-0.4, -0.2) is 26.7 Å². The molecular weight excluding hydrogens is 304 g/mol. The second-order valence-electron chi connectivity index (χ2n) is 5.61. The van der Waals surface area contributed by atoms with E-state index in [9.17, 15) is 4.79 Å². The van der Waals surface area contributed by atoms with Gasteiger partial charge in [-0.05, 0) is 37.6 Å². The van der Waals surface area contributed by atoms with Crippen molar-refractivity contribution in [2.45, 2.75) is 20.3 Å². The SMILES string of the molecule is COc1ccc(NCCC(=O)Nc2ccc(C)cc2C)cc1OC. The molecule has 0 fully saturated rings. The van der Waals surface area contributed by atoms with Gasteiger partial charge in [-0.3, -0.25) is 4.79 Å². The highest BCUT2D eigenvalue weighted by Gasteiger charge is 2.07. The Morgan fingerprint density at radius 3 is 2.42 bits per heavy atom. The molecule has 5 nitrogen and oxygen atoms in total. The Labute approximate surface area is 143 Å². The largest absolute Gasteiger partial charge is 0.493 e. The topological polar surface area (TPSA) is 59.6 Å². The average molecular weight is 328 g/mol. The summed E-state index contributed by atoms with van der Waals surface area (Å²) in [7, 11) is 3.20. The maximum absolute atomic E-state index is 12.1. The van der Waals surface area contributed by atoms with E-state index in [4.69, 9.17) is 9.47 Å². The van der Waals surface area contributed by atoms with Crippen LogP contribution in [0.5, 0.6) is 11.5 Å². The fraction of sp³-hybridized carbons (Fsp3) is 0.316. The smallest absolute Gasteiger partial charge is 0.226 e. The molecule has 0 saturated carbocycles. The molecule has 0 aliphatic carbocycles. The van der Waals surface area contributed by atoms with Gasteiger partial charge in [-0.1, -0.05) is 17.7 Å². The van der Waals surface area contributed by atoms with Crippen molar-refractivity contribution < 1.29 is 14.3 Å². The summed E-state index contributed by atoms with van der Waals surface area (Å²) in [6, 6.07) is 11.5. The van der Waals surface area contributed by atoms with Crippen LogP contribution in [0.15, 0.2) is 36.4 Å². The van der Waals surface area contributed by atoms with E-state index in [0.717, 1.165) is 16.9 Å². The highest BCUT2D eigenvalue weighted by molar-refractivity contribution is 5.91. The Hall–Kier alpha value is -2.69. The predicted octanol–water partition coefficient (Wildman–Crippen LogP) is 3.76. The summed E-state index contributed by atoms with van der Waals surface area (Å²) >= 11 is 0. The minimum atomic E-state index is -0.0186. The van der Waals surface area contributed by atoms with Crippen LogP contribution in [0.4, 0.5) is 11.4 Å². The van der Waals surface area contributed by atoms with Gasteiger partial charge in [0.25, 0.3) is 0 Å². The molecule has 2 N–H and O–H groups in total. The number of benzene rings is 2. The van der Waals surface area contributed by atoms with E-state index >= 15 is 0 Å². The van der Waals surface area contributed by atoms with E-state index < -0.39 is 0 Å². The van der Waals surface area contributed by atoms with Crippen LogP contribution >= 0.6 is 0 Å². The fourth-order valence-corrected chi connectivity index (χ4v) is 2.43. The molecule has 1 amide bonds. The molecule has 24 heavy (non-hydrogen) atoms. The van der Waals surface area contributed by atoms with Gasteiger partial charge in [0.1, 0.15) is 0 Å². The van der Waals surface area contributed by atoms with Crippen LogP contribution in [0, 0.1) is 13.8 Å². The second-order valence-corrected chi connectivity index (χ2v) is 5.61. The predicted molar refractivity (Wildman–Crippen MR) is 97.2 cm³/mol. The zero-order valence-corrected chi connectivity index (χ0v) is 14.6. The van der Waals surface area contributed by atoms with Gasteiger partial charge < -0.3 is 20.1 Å². The van der Waals surface area contributed by atoms with E-state index in [1.165, 1.54) is 5.56 Å². The van der Waals surface area contributed by atoms with Gasteiger partial charge in [0.05, 0.1) is 14.2 Å². The number of carbonyl (C=O) groups is 1. The number of anilines is 2. The average Bonchev–Trinajstić information content (AvgIpc) is 2.57. The van der Waals surface area contributed by atoms with Crippen LogP contribution in [0.1, 0.15) is 17.5 Å². The molecule has 5 heteroatoms. The zero-order valence-electron chi connectivity index (χ0n) is 14.6. The first-order chi connectivity index (χ1) is 11.5. The molecule has 0 aromatic heterocycles. The third kappa shape index (κ3) is 4.65. The molecule has 128 valence electrons. The normalized spacial score (nSPS) is 10.2. The first-order valence-corrected chi connectivity index (χ1v) is 7.86. The summed E-state index contributed by atoms with van der Waals surface area (Å²) in [6.07, 6.45) is 0.377. The molecule has 2 rings (SSSR count). The number of hydrogen-bond donors (Lipinski definition) is 2. The third-order valence-electron chi connectivity index (χ3n) is 3.72. The summed E-state index contributed by atoms with van der Waals surface area (Å²) < 4.78 is 10.5. The zero-order chi connectivity index (χ0) is 17.5. The van der Waals surface area contributed by atoms with E-state index in [2.05, 4.69) is 16.7 Å². The van der Waals surface area contributed by atoms with E-state index in [-0.39, 0.29) is 5.91 Å². The Kier molecular flexibility index (Phi) is 6.07. The fourth-order valence-electron chi connectivity index (χ4n) is 2.43. The summed E-state index contributed by atoms with van der Waals surface area (Å²) in [5.41, 5.74) is 3.99. The first-order valence-electron chi connectivity index (χ1n) is 7.86. The number of aryl methyl sites for hydroxylation is 2. The molecule has 0 heterocycles. The van der Waals surface area contributed by atoms with Gasteiger partial charge in [-0.25, -0.2) is 0 Å². The number of nitrogens with one attached hydrogen (secondary N) is 2. The molecule has 0 saturated heterocycles. The highest BCUT2D eigenvalue weighted by Crippen LogP contribution is 2.29. The van der Waals surface area contributed by atoms with Gasteiger partial charge in [0.2, 0.25) is 5.91 Å². The lowest BCUT2D eigenvalue weighted by Gasteiger charge is -2.12. The number of hydrogen-bond acceptors (Lipinski definition) is 4. The quantitative estimate of drug-likeness (QED) is 0.812. The van der Waals surface area contributed by atoms with Crippen molar-refractivity contribution >= 4 is 17.3 Å². The summed E-state index contributed by atoms with van der Waals surface area (Å²) in [5.74, 6) is 1.31. The lowest BCUT2D eigenvalue weighted by atomic mass is 10.1. The molecule has 0 radical (unpaired) electrons. The molecule has 0 spiro atoms. The van der Waals surface area contributed by atoms with Crippen molar-refractivity contribution in [3.8, 4) is 11.5 Å². The third-order valence-corrected chi connectivity index (χ3v) is 3.72. The lowest BCUT2D eigenvalue weighted by molar-refractivity contribution is -0.115. The Morgan fingerprint density at radius 2 is 1.75 bits per heavy atom. The summed E-state index contributed by atoms with van der Waals surface area (Å²) in [6.45, 7) is 4.56. The van der Waals surface area contributed by atoms with E-state index in [1.807, 2.05) is 44.2 Å². The lowest BCUT2D eigenvalue weighted by Crippen LogP contribution is -2.16. The molecule has 2 aromatic carbocycles. The highest BCUT2D eigenvalue weighted by atomic mass is 16.5. The number of rotatable bonds is 7. The van der Waals surface area contributed by atoms with Crippen molar-refractivity contribution in [1.29, 1.82) is 0 Å². The Morgan fingerprint density at radius 1 is 1.00 bits per heavy atom. The van der Waals surface area contributed by atoms with Gasteiger partial charge in [0.15, 0.2) is 11.5 Å². The van der Waals surface area contributed by atoms with Crippen LogP contribution in [0.25, 0.3) is 0 Å². The Balaban J connectivity index is 1.86. The maximum Gasteiger partial charge on any atom is 0.226 e. The second kappa shape index (κ2) is 8.24. The monoisotopic (exact) mass is 328 g/mol. The number of amides is 1. The molecular formula is C19H24N2O3. The van der Waals surface area contributed by atoms with E-state index in [0.29, 0.717) is 24.5 Å². The molecule has 2 aromatic rings. The maximum atomic E-state index is 12.1. The summed E-state index contributed by atoms with van der Waals surface area (Å²) in [4.78, 5) is 12.1. The van der Waals surface area contributed by atoms with Crippen molar-refractivity contribution in [3.05, 3.63) is 47.5 Å². The molecule has 0 aliphatic rings. The van der Waals surface area contributed by atoms with Gasteiger partial charge in [-0.15, -0.1) is 0 Å². The summed E-state index contributed by atoms with van der Waals surface area (Å²) in [5, 5.41) is 6.16. The minimum Gasteiger partial charge on any atom is -0.493 e. The number of methoxy groups -OCH3 is 2. The molecule has 0 bridgehead atoms. The van der Waals surface area contributed by atoms with Crippen molar-refractivity contribution in [2.75, 3.05) is 31.4 Å². The van der Waals surface area contributed by atoms with Crippen molar-refractivity contribution in [2.24, 2.45) is 0 Å². The van der Waals surface area contributed by atoms with E-state index in [1.54, 1.807) is 14.2 Å². The minimum absolute atomic E-state index is 0.0186. The molecule has 0 aliphatic heterocycles. The van der Waals surface area contributed by atoms with Crippen molar-refractivity contribution in [1.82, 2.24) is 0 Å². The Bertz CT molecular complexity index is 714. The van der Waals surface area contributed by atoms with Crippen LogP contribution in [-0.2, 0) is 4.79 Å². The van der Waals surface area contributed by atoms with Crippen LogP contribution in [0.3, 0.4) is 0 Å². The van der Waals surface area contributed by atoms with Gasteiger partial charge >= 0.3 is 0 Å². The number of carbonyl (C=O) groups excluding carboxylic acids is 1. The molecule has 0 atom stereocenters. The van der Waals surface area contributed by atoms with Gasteiger partial charge in [0, 0.05) is 30.4 Å². The standard InChI is InChI=1S/C19H24N2O3/c1-13-5-7-16(14(2)11-13)21-19(22)9-10-20-15-6-8-17(23-3)18(12-15)24-4/h5-8,11-12,20H,9-10H2,1-4H3,(H,21,22). The van der Waals surface area contributed by atoms with Crippen LogP contribution < -0.4 is 20.1 Å². The van der Waals surface area contributed by atoms with Crippen molar-refractivity contribution in [3.63, 3.8) is 0 Å². The van der Waals surface area contributed by atoms with Gasteiger partial charge in [-0.2, -0.15) is 0 Å². The first kappa shape index (κ1) is 17.7. The number of ether oxygens (including phenoxy) is 2.